The maximum absolute atomic E-state index is 12.7. The van der Waals surface area contributed by atoms with Crippen LogP contribution in [-0.2, 0) is 23.0 Å². The van der Waals surface area contributed by atoms with Crippen molar-refractivity contribution in [2.75, 3.05) is 13.1 Å². The van der Waals surface area contributed by atoms with Crippen LogP contribution in [0.3, 0.4) is 0 Å². The molecule has 1 saturated carbocycles. The van der Waals surface area contributed by atoms with Crippen molar-refractivity contribution >= 4 is 10.0 Å². The van der Waals surface area contributed by atoms with Gasteiger partial charge in [-0.1, -0.05) is 18.2 Å². The third kappa shape index (κ3) is 3.23. The lowest BCUT2D eigenvalue weighted by atomic mass is 10.0. The molecule has 0 bridgehead atoms. The zero-order valence-electron chi connectivity index (χ0n) is 13.6. The second-order valence-corrected chi connectivity index (χ2v) is 8.82. The Morgan fingerprint density at radius 2 is 1.88 bits per heavy atom. The van der Waals surface area contributed by atoms with Crippen molar-refractivity contribution in [3.8, 4) is 0 Å². The number of aromatic nitrogens is 3. The molecule has 0 amide bonds. The van der Waals surface area contributed by atoms with E-state index in [0.29, 0.717) is 23.9 Å². The molecule has 0 radical (unpaired) electrons. The highest BCUT2D eigenvalue weighted by molar-refractivity contribution is 7.89. The van der Waals surface area contributed by atoms with E-state index in [-0.39, 0.29) is 0 Å². The minimum atomic E-state index is -3.38. The number of hydrogen-bond acceptors (Lipinski definition) is 4. The Balaban J connectivity index is 1.42. The van der Waals surface area contributed by atoms with E-state index in [9.17, 15) is 8.42 Å². The van der Waals surface area contributed by atoms with E-state index in [1.807, 2.05) is 6.07 Å². The third-order valence-electron chi connectivity index (χ3n) is 4.95. The van der Waals surface area contributed by atoms with Gasteiger partial charge >= 0.3 is 0 Å². The van der Waals surface area contributed by atoms with Gasteiger partial charge in [0.2, 0.25) is 10.0 Å². The predicted molar refractivity (Wildman–Crippen MR) is 89.8 cm³/mol. The molecule has 1 aromatic carbocycles. The molecule has 1 atom stereocenters. The summed E-state index contributed by atoms with van der Waals surface area (Å²) in [5.74, 6) is 2.08. The zero-order chi connectivity index (χ0) is 16.6. The Labute approximate surface area is 142 Å². The van der Waals surface area contributed by atoms with Crippen LogP contribution in [0.4, 0.5) is 0 Å². The largest absolute Gasteiger partial charge is 0.317 e. The molecule has 0 N–H and O–H groups in total. The lowest BCUT2D eigenvalue weighted by molar-refractivity contribution is 0.448. The van der Waals surface area contributed by atoms with Crippen molar-refractivity contribution in [3.63, 3.8) is 0 Å². The first-order valence-corrected chi connectivity index (χ1v) is 9.99. The SMILES string of the molecule is O=S(=O)(c1ccccc1)N1CCC(Cc2nncn2CC2CC2)C1. The Bertz CT molecular complexity index is 799. The molecule has 2 aliphatic rings. The van der Waals surface area contributed by atoms with Gasteiger partial charge in [0.15, 0.2) is 0 Å². The standard InChI is InChI=1S/C17H22N4O2S/c22-24(23,16-4-2-1-3-5-16)21-9-8-15(12-21)10-17-19-18-13-20(17)11-14-6-7-14/h1-5,13-15H,6-12H2. The first kappa shape index (κ1) is 15.8. The molecule has 0 spiro atoms. The Hall–Kier alpha value is -1.73. The van der Waals surface area contributed by atoms with Crippen LogP contribution in [-0.4, -0.2) is 40.6 Å². The molecule has 1 unspecified atom stereocenters. The summed E-state index contributed by atoms with van der Waals surface area (Å²) in [5, 5.41) is 8.29. The number of sulfonamides is 1. The zero-order valence-corrected chi connectivity index (χ0v) is 14.4. The highest BCUT2D eigenvalue weighted by atomic mass is 32.2. The first-order valence-electron chi connectivity index (χ1n) is 8.55. The average Bonchev–Trinajstić information content (AvgIpc) is 3.09. The van der Waals surface area contributed by atoms with Crippen molar-refractivity contribution in [1.82, 2.24) is 19.1 Å². The third-order valence-corrected chi connectivity index (χ3v) is 6.83. The summed E-state index contributed by atoms with van der Waals surface area (Å²) in [7, 11) is -3.38. The summed E-state index contributed by atoms with van der Waals surface area (Å²) in [4.78, 5) is 0.377. The van der Waals surface area contributed by atoms with Gasteiger partial charge in [0.25, 0.3) is 0 Å². The van der Waals surface area contributed by atoms with E-state index in [0.717, 1.165) is 31.1 Å². The molecule has 1 saturated heterocycles. The van der Waals surface area contributed by atoms with E-state index < -0.39 is 10.0 Å². The average molecular weight is 346 g/mol. The Morgan fingerprint density at radius 1 is 1.08 bits per heavy atom. The molecule has 1 aliphatic heterocycles. The smallest absolute Gasteiger partial charge is 0.243 e. The second-order valence-electron chi connectivity index (χ2n) is 6.88. The fourth-order valence-electron chi connectivity index (χ4n) is 3.35. The van der Waals surface area contributed by atoms with Crippen molar-refractivity contribution in [3.05, 3.63) is 42.5 Å². The molecule has 1 aliphatic carbocycles. The van der Waals surface area contributed by atoms with Gasteiger partial charge < -0.3 is 4.57 Å². The summed E-state index contributed by atoms with van der Waals surface area (Å²) in [6.45, 7) is 2.15. The monoisotopic (exact) mass is 346 g/mol. The van der Waals surface area contributed by atoms with Crippen LogP contribution in [0.1, 0.15) is 25.1 Å². The minimum Gasteiger partial charge on any atom is -0.317 e. The molecule has 1 aromatic heterocycles. The van der Waals surface area contributed by atoms with Gasteiger partial charge in [0.1, 0.15) is 12.2 Å². The summed E-state index contributed by atoms with van der Waals surface area (Å²) < 4.78 is 29.1. The van der Waals surface area contributed by atoms with E-state index in [1.54, 1.807) is 34.9 Å². The molecule has 2 aromatic rings. The van der Waals surface area contributed by atoms with E-state index in [2.05, 4.69) is 14.8 Å². The number of rotatable bonds is 6. The van der Waals surface area contributed by atoms with Gasteiger partial charge in [-0.05, 0) is 43.2 Å². The molecule has 2 fully saturated rings. The van der Waals surface area contributed by atoms with Crippen LogP contribution in [0.25, 0.3) is 0 Å². The number of hydrogen-bond donors (Lipinski definition) is 0. The topological polar surface area (TPSA) is 68.1 Å². The first-order chi connectivity index (χ1) is 11.6. The van der Waals surface area contributed by atoms with Crippen LogP contribution in [0, 0.1) is 11.8 Å². The van der Waals surface area contributed by atoms with Crippen LogP contribution in [0.15, 0.2) is 41.6 Å². The van der Waals surface area contributed by atoms with E-state index >= 15 is 0 Å². The number of benzene rings is 1. The quantitative estimate of drug-likeness (QED) is 0.802. The molecule has 24 heavy (non-hydrogen) atoms. The van der Waals surface area contributed by atoms with Crippen molar-refractivity contribution < 1.29 is 8.42 Å². The fraction of sp³-hybridized carbons (Fsp3) is 0.529. The van der Waals surface area contributed by atoms with Crippen LogP contribution >= 0.6 is 0 Å². The number of nitrogens with zero attached hydrogens (tertiary/aromatic N) is 4. The van der Waals surface area contributed by atoms with Crippen LogP contribution < -0.4 is 0 Å². The van der Waals surface area contributed by atoms with Gasteiger partial charge in [-0.3, -0.25) is 0 Å². The van der Waals surface area contributed by atoms with Crippen molar-refractivity contribution in [2.24, 2.45) is 11.8 Å². The van der Waals surface area contributed by atoms with E-state index in [1.165, 1.54) is 12.8 Å². The molecular weight excluding hydrogens is 324 g/mol. The van der Waals surface area contributed by atoms with Crippen molar-refractivity contribution in [1.29, 1.82) is 0 Å². The van der Waals surface area contributed by atoms with Gasteiger partial charge in [-0.15, -0.1) is 10.2 Å². The van der Waals surface area contributed by atoms with Gasteiger partial charge in [0, 0.05) is 26.1 Å². The predicted octanol–water partition coefficient (Wildman–Crippen LogP) is 1.94. The molecule has 4 rings (SSSR count). The second kappa shape index (κ2) is 6.29. The molecule has 7 heteroatoms. The van der Waals surface area contributed by atoms with Gasteiger partial charge in [-0.25, -0.2) is 8.42 Å². The lowest BCUT2D eigenvalue weighted by Crippen LogP contribution is -2.29. The molecular formula is C17H22N4O2S. The van der Waals surface area contributed by atoms with Crippen LogP contribution in [0.5, 0.6) is 0 Å². The molecule has 128 valence electrons. The molecule has 2 heterocycles. The summed E-state index contributed by atoms with van der Waals surface area (Å²) in [6, 6.07) is 8.68. The summed E-state index contributed by atoms with van der Waals surface area (Å²) >= 11 is 0. The van der Waals surface area contributed by atoms with Gasteiger partial charge in [-0.2, -0.15) is 4.31 Å². The summed E-state index contributed by atoms with van der Waals surface area (Å²) in [6.07, 6.45) is 6.07. The van der Waals surface area contributed by atoms with Crippen molar-refractivity contribution in [2.45, 2.75) is 37.1 Å². The van der Waals surface area contributed by atoms with E-state index in [4.69, 9.17) is 0 Å². The minimum absolute atomic E-state index is 0.311. The lowest BCUT2D eigenvalue weighted by Gasteiger charge is -2.16. The Morgan fingerprint density at radius 3 is 2.62 bits per heavy atom. The Kier molecular flexibility index (Phi) is 4.14. The fourth-order valence-corrected chi connectivity index (χ4v) is 4.90. The maximum atomic E-state index is 12.7. The highest BCUT2D eigenvalue weighted by Gasteiger charge is 2.33. The highest BCUT2D eigenvalue weighted by Crippen LogP contribution is 2.31. The van der Waals surface area contributed by atoms with Gasteiger partial charge in [0.05, 0.1) is 4.90 Å². The summed E-state index contributed by atoms with van der Waals surface area (Å²) in [5.41, 5.74) is 0. The normalized spacial score (nSPS) is 22.1. The molecule has 6 nitrogen and oxygen atoms in total. The van der Waals surface area contributed by atoms with Crippen LogP contribution in [0.2, 0.25) is 0 Å². The maximum Gasteiger partial charge on any atom is 0.243 e.